The van der Waals surface area contributed by atoms with Crippen molar-refractivity contribution in [3.8, 4) is 5.75 Å². The van der Waals surface area contributed by atoms with Gasteiger partial charge in [0, 0.05) is 25.0 Å². The number of carbonyl (C=O) groups excluding carboxylic acids is 2. The molecule has 4 bridgehead atoms. The van der Waals surface area contributed by atoms with Crippen molar-refractivity contribution in [2.45, 2.75) is 77.4 Å². The van der Waals surface area contributed by atoms with Crippen molar-refractivity contribution < 1.29 is 14.3 Å². The number of likely N-dealkylation sites (tertiary alicyclic amines) is 1. The Morgan fingerprint density at radius 2 is 1.65 bits per heavy atom. The van der Waals surface area contributed by atoms with E-state index in [-0.39, 0.29) is 30.0 Å². The molecule has 184 valence electrons. The fraction of sp³-hybridized carbons (Fsp3) is 0.714. The van der Waals surface area contributed by atoms with Crippen LogP contribution in [-0.2, 0) is 4.79 Å². The number of ether oxygens (including phenoxy) is 1. The van der Waals surface area contributed by atoms with Crippen LogP contribution in [0.5, 0.6) is 5.75 Å². The Hall–Kier alpha value is -2.24. The molecule has 1 aromatic rings. The zero-order valence-electron chi connectivity index (χ0n) is 20.7. The Kier molecular flexibility index (Phi) is 5.53. The molecular weight excluding hydrogens is 426 g/mol. The van der Waals surface area contributed by atoms with Crippen LogP contribution in [0.25, 0.3) is 0 Å². The van der Waals surface area contributed by atoms with Crippen molar-refractivity contribution in [3.63, 3.8) is 0 Å². The number of hydrogen-bond donors (Lipinski definition) is 1. The Balaban J connectivity index is 1.05. The largest absolute Gasteiger partial charge is 0.487 e. The molecule has 4 saturated carbocycles. The lowest BCUT2D eigenvalue weighted by molar-refractivity contribution is -0.130. The van der Waals surface area contributed by atoms with Crippen LogP contribution in [0.3, 0.4) is 0 Å². The summed E-state index contributed by atoms with van der Waals surface area (Å²) in [5, 5.41) is 3.46. The first-order valence-corrected chi connectivity index (χ1v) is 13.5. The molecule has 0 aromatic heterocycles. The lowest BCUT2D eigenvalue weighted by Gasteiger charge is -2.59. The number of hydrogen-bond acceptors (Lipinski definition) is 3. The Morgan fingerprint density at radius 1 is 1.03 bits per heavy atom. The quantitative estimate of drug-likeness (QED) is 0.696. The van der Waals surface area contributed by atoms with E-state index >= 15 is 0 Å². The van der Waals surface area contributed by atoms with E-state index in [1.807, 2.05) is 41.0 Å². The number of urea groups is 1. The van der Waals surface area contributed by atoms with Gasteiger partial charge in [0.05, 0.1) is 12.2 Å². The van der Waals surface area contributed by atoms with Crippen LogP contribution in [0.15, 0.2) is 24.3 Å². The standard InChI is InChI=1S/C28H39N3O3/c1-18-17-31(24-5-3-4-6-25(24)34-18)27(33)30-9-7-23(8-10-30)26(32)29-19(2)28-14-20-11-21(15-28)13-22(12-20)16-28/h3-6,18-23H,7-17H2,1-2H3,(H,29,32)/t18-,19+,20?,21?,22?,28?/m1/s1. The highest BCUT2D eigenvalue weighted by atomic mass is 16.5. The van der Waals surface area contributed by atoms with E-state index in [4.69, 9.17) is 4.74 Å². The molecule has 7 rings (SSSR count). The normalized spacial score (nSPS) is 35.5. The van der Waals surface area contributed by atoms with Crippen LogP contribution in [0.1, 0.15) is 65.2 Å². The van der Waals surface area contributed by atoms with E-state index in [1.54, 1.807) is 0 Å². The first-order valence-electron chi connectivity index (χ1n) is 13.5. The maximum atomic E-state index is 13.4. The van der Waals surface area contributed by atoms with E-state index in [9.17, 15) is 9.59 Å². The number of nitrogens with one attached hydrogen (secondary N) is 1. The number of anilines is 1. The van der Waals surface area contributed by atoms with E-state index < -0.39 is 0 Å². The second kappa shape index (κ2) is 8.46. The third-order valence-electron chi connectivity index (χ3n) is 9.65. The number of fused-ring (bicyclic) bond motifs is 1. The minimum Gasteiger partial charge on any atom is -0.487 e. The number of nitrogens with zero attached hydrogens (tertiary/aromatic N) is 2. The summed E-state index contributed by atoms with van der Waals surface area (Å²) in [5.41, 5.74) is 1.18. The Labute approximate surface area is 203 Å². The van der Waals surface area contributed by atoms with Gasteiger partial charge in [0.1, 0.15) is 11.9 Å². The molecule has 6 nitrogen and oxygen atoms in total. The molecule has 1 N–H and O–H groups in total. The van der Waals surface area contributed by atoms with Crippen molar-refractivity contribution >= 4 is 17.6 Å². The number of rotatable bonds is 3. The molecule has 0 unspecified atom stereocenters. The predicted octanol–water partition coefficient (Wildman–Crippen LogP) is 4.83. The molecule has 0 radical (unpaired) electrons. The van der Waals surface area contributed by atoms with Crippen molar-refractivity contribution in [3.05, 3.63) is 24.3 Å². The van der Waals surface area contributed by atoms with Gasteiger partial charge in [-0.2, -0.15) is 0 Å². The van der Waals surface area contributed by atoms with Gasteiger partial charge in [0.25, 0.3) is 0 Å². The third-order valence-corrected chi connectivity index (χ3v) is 9.65. The molecule has 6 heteroatoms. The van der Waals surface area contributed by atoms with Gasteiger partial charge in [-0.1, -0.05) is 12.1 Å². The van der Waals surface area contributed by atoms with Crippen molar-refractivity contribution in [2.75, 3.05) is 24.5 Å². The number of para-hydroxylation sites is 2. The summed E-state index contributed by atoms with van der Waals surface area (Å²) < 4.78 is 5.91. The second-order valence-electron chi connectivity index (χ2n) is 12.1. The Bertz CT molecular complexity index is 919. The maximum Gasteiger partial charge on any atom is 0.324 e. The number of amides is 3. The molecule has 2 aliphatic heterocycles. The minimum absolute atomic E-state index is 0.0105. The zero-order chi connectivity index (χ0) is 23.4. The van der Waals surface area contributed by atoms with Crippen LogP contribution >= 0.6 is 0 Å². The zero-order valence-corrected chi connectivity index (χ0v) is 20.7. The third kappa shape index (κ3) is 3.87. The number of piperidine rings is 1. The van der Waals surface area contributed by atoms with Gasteiger partial charge in [-0.15, -0.1) is 0 Å². The first kappa shape index (κ1) is 22.2. The van der Waals surface area contributed by atoms with Gasteiger partial charge in [-0.25, -0.2) is 4.79 Å². The van der Waals surface area contributed by atoms with Crippen LogP contribution in [0.4, 0.5) is 10.5 Å². The van der Waals surface area contributed by atoms with Crippen LogP contribution in [0, 0.1) is 29.1 Å². The summed E-state index contributed by atoms with van der Waals surface area (Å²) in [6.07, 6.45) is 9.68. The average Bonchev–Trinajstić information content (AvgIpc) is 2.82. The fourth-order valence-corrected chi connectivity index (χ4v) is 8.27. The molecule has 1 saturated heterocycles. The van der Waals surface area contributed by atoms with Crippen LogP contribution in [0.2, 0.25) is 0 Å². The van der Waals surface area contributed by atoms with Gasteiger partial charge < -0.3 is 15.0 Å². The van der Waals surface area contributed by atoms with Crippen LogP contribution in [-0.4, -0.2) is 48.6 Å². The lowest BCUT2D eigenvalue weighted by Crippen LogP contribution is -2.57. The summed E-state index contributed by atoms with van der Waals surface area (Å²) in [5.74, 6) is 3.67. The van der Waals surface area contributed by atoms with Gasteiger partial charge in [-0.3, -0.25) is 9.69 Å². The highest BCUT2D eigenvalue weighted by Crippen LogP contribution is 2.61. The predicted molar refractivity (Wildman–Crippen MR) is 132 cm³/mol. The van der Waals surface area contributed by atoms with Crippen molar-refractivity contribution in [1.82, 2.24) is 10.2 Å². The lowest BCUT2D eigenvalue weighted by atomic mass is 9.48. The molecule has 4 aliphatic carbocycles. The van der Waals surface area contributed by atoms with Gasteiger partial charge in [0.15, 0.2) is 0 Å². The summed E-state index contributed by atoms with van der Waals surface area (Å²) in [4.78, 5) is 30.4. The van der Waals surface area contributed by atoms with Crippen molar-refractivity contribution in [2.24, 2.45) is 29.1 Å². The highest BCUT2D eigenvalue weighted by Gasteiger charge is 2.53. The van der Waals surface area contributed by atoms with E-state index in [0.717, 1.165) is 42.0 Å². The number of carbonyl (C=O) groups is 2. The van der Waals surface area contributed by atoms with Crippen molar-refractivity contribution in [1.29, 1.82) is 0 Å². The SMILES string of the molecule is C[C@@H]1CN(C(=O)N2CCC(C(=O)N[C@@H](C)C34CC5CC(CC(C5)C3)C4)CC2)c2ccccc2O1. The molecule has 1 aromatic carbocycles. The first-order chi connectivity index (χ1) is 16.4. The minimum atomic E-state index is -0.0340. The second-order valence-corrected chi connectivity index (χ2v) is 12.1. The Morgan fingerprint density at radius 3 is 2.29 bits per heavy atom. The molecular formula is C28H39N3O3. The fourth-order valence-electron chi connectivity index (χ4n) is 8.27. The summed E-state index contributed by atoms with van der Waals surface area (Å²) in [7, 11) is 0. The van der Waals surface area contributed by atoms with Gasteiger partial charge >= 0.3 is 6.03 Å². The molecule has 3 amide bonds. The van der Waals surface area contributed by atoms with E-state index in [0.29, 0.717) is 25.0 Å². The maximum absolute atomic E-state index is 13.4. The summed E-state index contributed by atoms with van der Waals surface area (Å²) in [6.45, 7) is 6.09. The molecule has 2 atom stereocenters. The smallest absolute Gasteiger partial charge is 0.324 e. The van der Waals surface area contributed by atoms with E-state index in [1.165, 1.54) is 38.5 Å². The molecule has 5 fully saturated rings. The molecule has 34 heavy (non-hydrogen) atoms. The van der Waals surface area contributed by atoms with E-state index in [2.05, 4.69) is 12.2 Å². The molecule has 0 spiro atoms. The monoisotopic (exact) mass is 465 g/mol. The topological polar surface area (TPSA) is 61.9 Å². The van der Waals surface area contributed by atoms with Crippen LogP contribution < -0.4 is 15.0 Å². The highest BCUT2D eigenvalue weighted by molar-refractivity contribution is 5.94. The number of benzene rings is 1. The van der Waals surface area contributed by atoms with Gasteiger partial charge in [0.2, 0.25) is 5.91 Å². The summed E-state index contributed by atoms with van der Waals surface area (Å²) in [6, 6.07) is 8.05. The molecule has 6 aliphatic rings. The molecule has 2 heterocycles. The average molecular weight is 466 g/mol. The summed E-state index contributed by atoms with van der Waals surface area (Å²) >= 11 is 0. The van der Waals surface area contributed by atoms with Gasteiger partial charge in [-0.05, 0) is 101 Å².